The van der Waals surface area contributed by atoms with Gasteiger partial charge in [0.05, 0.1) is 0 Å². The molecule has 0 spiro atoms. The SMILES string of the molecule is CCC(C)c1ccccc1OC(=O)c1cc(S(=O)(=O)N2CCCCC2)cn1C. The Labute approximate surface area is 167 Å². The molecule has 1 aliphatic rings. The minimum absolute atomic E-state index is 0.138. The lowest BCUT2D eigenvalue weighted by atomic mass is 9.98. The quantitative estimate of drug-likeness (QED) is 0.540. The number of benzene rings is 1. The molecule has 2 aromatic rings. The highest BCUT2D eigenvalue weighted by Gasteiger charge is 2.29. The molecule has 7 heteroatoms. The number of aryl methyl sites for hydroxylation is 1. The average Bonchev–Trinajstić information content (AvgIpc) is 3.11. The molecule has 0 N–H and O–H groups in total. The molecule has 28 heavy (non-hydrogen) atoms. The van der Waals surface area contributed by atoms with Crippen LogP contribution in [-0.2, 0) is 17.1 Å². The van der Waals surface area contributed by atoms with Crippen molar-refractivity contribution in [1.29, 1.82) is 0 Å². The van der Waals surface area contributed by atoms with Crippen LogP contribution < -0.4 is 4.74 Å². The molecule has 0 amide bonds. The molecule has 0 saturated carbocycles. The number of sulfonamides is 1. The maximum absolute atomic E-state index is 12.9. The van der Waals surface area contributed by atoms with Crippen LogP contribution in [0.15, 0.2) is 41.4 Å². The summed E-state index contributed by atoms with van der Waals surface area (Å²) in [5.74, 6) is 0.217. The Hall–Kier alpha value is -2.12. The number of piperidine rings is 1. The van der Waals surface area contributed by atoms with Crippen LogP contribution in [0.2, 0.25) is 0 Å². The Balaban J connectivity index is 1.85. The fourth-order valence-corrected chi connectivity index (χ4v) is 5.07. The van der Waals surface area contributed by atoms with Gasteiger partial charge in [-0.05, 0) is 42.9 Å². The zero-order valence-electron chi connectivity index (χ0n) is 16.7. The van der Waals surface area contributed by atoms with Crippen molar-refractivity contribution in [2.75, 3.05) is 13.1 Å². The van der Waals surface area contributed by atoms with E-state index in [4.69, 9.17) is 4.74 Å². The smallest absolute Gasteiger partial charge is 0.360 e. The van der Waals surface area contributed by atoms with E-state index >= 15 is 0 Å². The summed E-state index contributed by atoms with van der Waals surface area (Å²) >= 11 is 0. The maximum Gasteiger partial charge on any atom is 0.360 e. The monoisotopic (exact) mass is 404 g/mol. The van der Waals surface area contributed by atoms with E-state index in [1.807, 2.05) is 18.2 Å². The lowest BCUT2D eigenvalue weighted by molar-refractivity contribution is 0.0722. The molecule has 1 saturated heterocycles. The summed E-state index contributed by atoms with van der Waals surface area (Å²) in [4.78, 5) is 12.9. The van der Waals surface area contributed by atoms with Crippen LogP contribution >= 0.6 is 0 Å². The highest BCUT2D eigenvalue weighted by atomic mass is 32.2. The lowest BCUT2D eigenvalue weighted by Gasteiger charge is -2.25. The fourth-order valence-electron chi connectivity index (χ4n) is 3.49. The second-order valence-corrected chi connectivity index (χ2v) is 9.31. The second kappa shape index (κ2) is 8.49. The van der Waals surface area contributed by atoms with Gasteiger partial charge in [0.15, 0.2) is 0 Å². The van der Waals surface area contributed by atoms with Gasteiger partial charge in [0.1, 0.15) is 16.3 Å². The molecule has 1 aromatic carbocycles. The summed E-state index contributed by atoms with van der Waals surface area (Å²) in [5.41, 5.74) is 1.18. The Kier molecular flexibility index (Phi) is 6.25. The highest BCUT2D eigenvalue weighted by Crippen LogP contribution is 2.29. The third-order valence-electron chi connectivity index (χ3n) is 5.41. The Morgan fingerprint density at radius 2 is 1.86 bits per heavy atom. The first-order valence-corrected chi connectivity index (χ1v) is 11.3. The summed E-state index contributed by atoms with van der Waals surface area (Å²) in [6.07, 6.45) is 5.20. The van der Waals surface area contributed by atoms with Crippen molar-refractivity contribution in [3.63, 3.8) is 0 Å². The molecule has 1 aliphatic heterocycles. The summed E-state index contributed by atoms with van der Waals surface area (Å²) in [5, 5.41) is 0. The molecule has 2 heterocycles. The second-order valence-electron chi connectivity index (χ2n) is 7.37. The lowest BCUT2D eigenvalue weighted by Crippen LogP contribution is -2.35. The number of carbonyl (C=O) groups is 1. The number of carbonyl (C=O) groups excluding carboxylic acids is 1. The van der Waals surface area contributed by atoms with Crippen molar-refractivity contribution in [3.8, 4) is 5.75 Å². The standard InChI is InChI=1S/C21H28N2O4S/c1-4-16(2)18-10-6-7-11-20(18)27-21(24)19-14-17(15-22(19)3)28(25,26)23-12-8-5-9-13-23/h6-7,10-11,14-16H,4-5,8-9,12-13H2,1-3H3. The van der Waals surface area contributed by atoms with E-state index in [1.165, 1.54) is 21.1 Å². The van der Waals surface area contributed by atoms with Crippen LogP contribution in [0.5, 0.6) is 5.75 Å². The van der Waals surface area contributed by atoms with E-state index in [2.05, 4.69) is 13.8 Å². The first-order chi connectivity index (χ1) is 13.3. The van der Waals surface area contributed by atoms with Crippen LogP contribution in [0.25, 0.3) is 0 Å². The third kappa shape index (κ3) is 4.15. The molecular formula is C21H28N2O4S. The first-order valence-electron chi connectivity index (χ1n) is 9.82. The van der Waals surface area contributed by atoms with Crippen molar-refractivity contribution >= 4 is 16.0 Å². The zero-order chi connectivity index (χ0) is 20.3. The van der Waals surface area contributed by atoms with Gasteiger partial charge in [0.2, 0.25) is 10.0 Å². The number of hydrogen-bond acceptors (Lipinski definition) is 4. The van der Waals surface area contributed by atoms with Crippen LogP contribution in [0, 0.1) is 0 Å². The van der Waals surface area contributed by atoms with E-state index in [1.54, 1.807) is 13.1 Å². The number of hydrogen-bond donors (Lipinski definition) is 0. The molecule has 152 valence electrons. The van der Waals surface area contributed by atoms with Crippen molar-refractivity contribution < 1.29 is 17.9 Å². The number of para-hydroxylation sites is 1. The Bertz CT molecular complexity index is 943. The van der Waals surface area contributed by atoms with Crippen molar-refractivity contribution in [2.24, 2.45) is 7.05 Å². The van der Waals surface area contributed by atoms with Gasteiger partial charge in [-0.2, -0.15) is 4.31 Å². The van der Waals surface area contributed by atoms with Gasteiger partial charge in [-0.1, -0.05) is 38.5 Å². The van der Waals surface area contributed by atoms with E-state index in [0.717, 1.165) is 31.2 Å². The summed E-state index contributed by atoms with van der Waals surface area (Å²) in [6, 6.07) is 8.89. The fraction of sp³-hybridized carbons (Fsp3) is 0.476. The molecule has 1 fully saturated rings. The number of ether oxygens (including phenoxy) is 1. The molecule has 0 bridgehead atoms. The summed E-state index contributed by atoms with van der Waals surface area (Å²) < 4.78 is 34.4. The van der Waals surface area contributed by atoms with E-state index in [9.17, 15) is 13.2 Å². The normalized spacial score (nSPS) is 16.7. The van der Waals surface area contributed by atoms with Gasteiger partial charge in [-0.15, -0.1) is 0 Å². The Morgan fingerprint density at radius 1 is 1.18 bits per heavy atom. The molecule has 1 atom stereocenters. The number of nitrogens with zero attached hydrogens (tertiary/aromatic N) is 2. The highest BCUT2D eigenvalue weighted by molar-refractivity contribution is 7.89. The van der Waals surface area contributed by atoms with Crippen molar-refractivity contribution in [2.45, 2.75) is 50.3 Å². The number of aromatic nitrogens is 1. The predicted octanol–water partition coefficient (Wildman–Crippen LogP) is 3.93. The molecule has 0 radical (unpaired) electrons. The summed E-state index contributed by atoms with van der Waals surface area (Å²) in [6.45, 7) is 5.22. The maximum atomic E-state index is 12.9. The van der Waals surface area contributed by atoms with Gasteiger partial charge in [0.25, 0.3) is 0 Å². The Morgan fingerprint density at radius 3 is 2.54 bits per heavy atom. The molecule has 1 unspecified atom stereocenters. The van der Waals surface area contributed by atoms with Gasteiger partial charge in [-0.25, -0.2) is 13.2 Å². The van der Waals surface area contributed by atoms with Gasteiger partial charge < -0.3 is 9.30 Å². The van der Waals surface area contributed by atoms with E-state index in [0.29, 0.717) is 18.8 Å². The van der Waals surface area contributed by atoms with Gasteiger partial charge >= 0.3 is 5.97 Å². The minimum atomic E-state index is -3.59. The van der Waals surface area contributed by atoms with Crippen LogP contribution in [0.1, 0.15) is 61.5 Å². The van der Waals surface area contributed by atoms with Gasteiger partial charge in [0, 0.05) is 26.3 Å². The summed E-state index contributed by atoms with van der Waals surface area (Å²) in [7, 11) is -1.93. The van der Waals surface area contributed by atoms with Crippen molar-refractivity contribution in [3.05, 3.63) is 47.8 Å². The van der Waals surface area contributed by atoms with Crippen molar-refractivity contribution in [1.82, 2.24) is 8.87 Å². The van der Waals surface area contributed by atoms with Crippen LogP contribution in [0.3, 0.4) is 0 Å². The minimum Gasteiger partial charge on any atom is -0.422 e. The molecule has 3 rings (SSSR count). The number of rotatable bonds is 6. The van der Waals surface area contributed by atoms with E-state index in [-0.39, 0.29) is 16.5 Å². The molecular weight excluding hydrogens is 376 g/mol. The number of esters is 1. The first kappa shape index (κ1) is 20.6. The largest absolute Gasteiger partial charge is 0.422 e. The topological polar surface area (TPSA) is 68.6 Å². The molecule has 0 aliphatic carbocycles. The predicted molar refractivity (Wildman–Crippen MR) is 108 cm³/mol. The van der Waals surface area contributed by atoms with Crippen LogP contribution in [0.4, 0.5) is 0 Å². The third-order valence-corrected chi connectivity index (χ3v) is 7.27. The van der Waals surface area contributed by atoms with Crippen LogP contribution in [-0.4, -0.2) is 36.3 Å². The molecule has 6 nitrogen and oxygen atoms in total. The van der Waals surface area contributed by atoms with E-state index < -0.39 is 16.0 Å². The molecule has 1 aromatic heterocycles. The zero-order valence-corrected chi connectivity index (χ0v) is 17.5. The van der Waals surface area contributed by atoms with Gasteiger partial charge in [-0.3, -0.25) is 0 Å². The average molecular weight is 405 g/mol.